The molecule has 3 rings (SSSR count). The Bertz CT molecular complexity index is 242. The van der Waals surface area contributed by atoms with Crippen molar-refractivity contribution in [2.75, 3.05) is 0 Å². The Labute approximate surface area is 122 Å². The van der Waals surface area contributed by atoms with Crippen LogP contribution in [0.5, 0.6) is 0 Å². The molecule has 0 unspecified atom stereocenters. The molecule has 3 aliphatic rings. The van der Waals surface area contributed by atoms with E-state index in [1.807, 2.05) is 0 Å². The summed E-state index contributed by atoms with van der Waals surface area (Å²) >= 11 is 0. The van der Waals surface area contributed by atoms with E-state index in [4.69, 9.17) is 0 Å². The van der Waals surface area contributed by atoms with E-state index >= 15 is 0 Å². The van der Waals surface area contributed by atoms with Crippen molar-refractivity contribution in [2.24, 2.45) is 0 Å². The van der Waals surface area contributed by atoms with Crippen LogP contribution in [0.2, 0.25) is 0 Å². The second-order valence-corrected chi connectivity index (χ2v) is 5.89. The van der Waals surface area contributed by atoms with E-state index in [0.29, 0.717) is 0 Å². The van der Waals surface area contributed by atoms with Crippen LogP contribution in [0, 0.1) is 6.67 Å². The van der Waals surface area contributed by atoms with Gasteiger partial charge in [0, 0.05) is 12.1 Å². The fraction of sp³-hybridized carbons (Fsp3) is 0.800. The predicted molar refractivity (Wildman–Crippen MR) is 72.3 cm³/mol. The molecule has 2 fully saturated rings. The Morgan fingerprint density at radius 2 is 1.06 bits per heavy atom. The Kier molecular flexibility index (Phi) is 5.44. The summed E-state index contributed by atoms with van der Waals surface area (Å²) < 4.78 is 0. The molecule has 2 saturated carbocycles. The first-order chi connectivity index (χ1) is 8.43. The first-order valence-corrected chi connectivity index (χ1v) is 7.52. The van der Waals surface area contributed by atoms with Crippen LogP contribution in [0.4, 0.5) is 0 Å². The molecule has 0 saturated heterocycles. The predicted octanol–water partition coefficient (Wildman–Crippen LogP) is 3.59. The average Bonchev–Trinajstić information content (AvgIpc) is 2.90. The van der Waals surface area contributed by atoms with Gasteiger partial charge in [-0.25, -0.2) is 0 Å². The number of rotatable bonds is 2. The molecule has 2 nitrogen and oxygen atoms in total. The third-order valence-electron chi connectivity index (χ3n) is 4.67. The third-order valence-corrected chi connectivity index (χ3v) is 4.67. The maximum absolute atomic E-state index is 2.48. The molecule has 1 aliphatic heterocycles. The normalized spacial score (nSPS) is 26.4. The van der Waals surface area contributed by atoms with Gasteiger partial charge < -0.3 is 9.80 Å². The molecule has 107 valence electrons. The number of hydrogen-bond acceptors (Lipinski definition) is 2. The summed E-state index contributed by atoms with van der Waals surface area (Å²) in [7, 11) is 0. The summed E-state index contributed by atoms with van der Waals surface area (Å²) in [6.07, 6.45) is 18.8. The molecule has 0 aromatic rings. The molecule has 0 radical (unpaired) electrons. The monoisotopic (exact) mass is 297 g/mol. The van der Waals surface area contributed by atoms with Crippen molar-refractivity contribution in [1.82, 2.24) is 9.80 Å². The van der Waals surface area contributed by atoms with Gasteiger partial charge in [-0.15, -0.1) is 0 Å². The van der Waals surface area contributed by atoms with Gasteiger partial charge in [-0.05, 0) is 38.1 Å². The molecule has 0 amide bonds. The summed E-state index contributed by atoms with van der Waals surface area (Å²) in [5.74, 6) is 0. The van der Waals surface area contributed by atoms with Gasteiger partial charge in [0.1, 0.15) is 0 Å². The van der Waals surface area contributed by atoms with Gasteiger partial charge in [0.25, 0.3) is 0 Å². The van der Waals surface area contributed by atoms with E-state index in [2.05, 4.69) is 28.9 Å². The van der Waals surface area contributed by atoms with E-state index in [9.17, 15) is 0 Å². The van der Waals surface area contributed by atoms with E-state index in [-0.39, 0.29) is 17.1 Å². The minimum absolute atomic E-state index is 0. The van der Waals surface area contributed by atoms with E-state index in [0.717, 1.165) is 12.1 Å². The Hall–Kier alpha value is -0.141. The topological polar surface area (TPSA) is 6.48 Å². The van der Waals surface area contributed by atoms with E-state index < -0.39 is 0 Å². The van der Waals surface area contributed by atoms with Crippen molar-refractivity contribution < 1.29 is 17.1 Å². The van der Waals surface area contributed by atoms with Gasteiger partial charge >= 0.3 is 17.1 Å². The van der Waals surface area contributed by atoms with Crippen LogP contribution in [0.15, 0.2) is 12.4 Å². The quantitative estimate of drug-likeness (QED) is 0.568. The van der Waals surface area contributed by atoms with Gasteiger partial charge in [0.2, 0.25) is 0 Å². The van der Waals surface area contributed by atoms with Gasteiger partial charge in [-0.3, -0.25) is 0 Å². The van der Waals surface area contributed by atoms with Crippen LogP contribution in [0.3, 0.4) is 0 Å². The summed E-state index contributed by atoms with van der Waals surface area (Å²) in [6.45, 7) is 2.38. The molecule has 0 N–H and O–H groups in total. The second-order valence-electron chi connectivity index (χ2n) is 5.89. The third kappa shape index (κ3) is 3.24. The van der Waals surface area contributed by atoms with E-state index in [1.54, 1.807) is 0 Å². The van der Waals surface area contributed by atoms with Gasteiger partial charge in [-0.1, -0.05) is 38.5 Å². The Morgan fingerprint density at radius 3 is 1.44 bits per heavy atom. The van der Waals surface area contributed by atoms with Crippen molar-refractivity contribution in [2.45, 2.75) is 76.3 Å². The molecule has 18 heavy (non-hydrogen) atoms. The average molecular weight is 298 g/mol. The van der Waals surface area contributed by atoms with Crippen molar-refractivity contribution in [3.05, 3.63) is 19.1 Å². The minimum atomic E-state index is 0. The molecule has 0 bridgehead atoms. The van der Waals surface area contributed by atoms with Crippen molar-refractivity contribution >= 4 is 0 Å². The zero-order valence-corrected chi connectivity index (χ0v) is 12.2. The molecule has 0 aromatic carbocycles. The molecule has 0 atom stereocenters. The standard InChI is InChI=1S/C15H25N2.Cu.H/c1-3-7-14(8-4-1)16-11-12-17(13-16)15-9-5-2-6-10-15;;/h11-15H,1-10H2;;/q-1;+1;. The van der Waals surface area contributed by atoms with Crippen LogP contribution in [0.25, 0.3) is 0 Å². The summed E-state index contributed by atoms with van der Waals surface area (Å²) in [4.78, 5) is 4.96. The number of nitrogens with zero attached hydrogens (tertiary/aromatic N) is 2. The zero-order valence-electron chi connectivity index (χ0n) is 11.2. The molecule has 2 aliphatic carbocycles. The second kappa shape index (κ2) is 6.86. The number of hydrogen-bond donors (Lipinski definition) is 0. The Morgan fingerprint density at radius 1 is 0.667 bits per heavy atom. The SMILES string of the molecule is C1=CN(C2CCCCC2)[CH-]N1C1CCCCC1.[CuH+]. The zero-order chi connectivity index (χ0) is 11.5. The summed E-state index contributed by atoms with van der Waals surface area (Å²) in [5, 5.41) is 0. The molecular formula is C15H26CuN2. The molecule has 1 heterocycles. The van der Waals surface area contributed by atoms with Gasteiger partial charge in [0.15, 0.2) is 0 Å². The van der Waals surface area contributed by atoms with Gasteiger partial charge in [-0.2, -0.15) is 6.67 Å². The fourth-order valence-corrected chi connectivity index (χ4v) is 3.58. The first-order valence-electron chi connectivity index (χ1n) is 7.52. The van der Waals surface area contributed by atoms with Crippen molar-refractivity contribution in [3.63, 3.8) is 0 Å². The maximum atomic E-state index is 2.48. The van der Waals surface area contributed by atoms with Crippen LogP contribution < -0.4 is 0 Å². The summed E-state index contributed by atoms with van der Waals surface area (Å²) in [5.41, 5.74) is 0. The van der Waals surface area contributed by atoms with Crippen LogP contribution in [-0.2, 0) is 17.1 Å². The van der Waals surface area contributed by atoms with Gasteiger partial charge in [0.05, 0.1) is 0 Å². The Balaban J connectivity index is 0.00000120. The van der Waals surface area contributed by atoms with E-state index in [1.165, 1.54) is 64.2 Å². The van der Waals surface area contributed by atoms with Crippen molar-refractivity contribution in [3.8, 4) is 0 Å². The molecular weight excluding hydrogens is 272 g/mol. The van der Waals surface area contributed by atoms with Crippen LogP contribution in [-0.4, -0.2) is 21.9 Å². The summed E-state index contributed by atoms with van der Waals surface area (Å²) in [6, 6.07) is 1.57. The molecule has 0 spiro atoms. The van der Waals surface area contributed by atoms with Crippen molar-refractivity contribution in [1.29, 1.82) is 0 Å². The molecule has 3 heteroatoms. The van der Waals surface area contributed by atoms with Crippen LogP contribution >= 0.6 is 0 Å². The first kappa shape index (κ1) is 14.3. The fourth-order valence-electron chi connectivity index (χ4n) is 3.58. The molecule has 0 aromatic heterocycles. The van der Waals surface area contributed by atoms with Crippen LogP contribution in [0.1, 0.15) is 64.2 Å².